The monoisotopic (exact) mass is 418 g/mol. The summed E-state index contributed by atoms with van der Waals surface area (Å²) >= 11 is 0. The summed E-state index contributed by atoms with van der Waals surface area (Å²) in [6, 6.07) is 18.4. The molecule has 6 heteroatoms. The van der Waals surface area contributed by atoms with Crippen molar-refractivity contribution in [1.82, 2.24) is 0 Å². The lowest BCUT2D eigenvalue weighted by atomic mass is 10.0. The molecule has 0 aliphatic rings. The van der Waals surface area contributed by atoms with Crippen molar-refractivity contribution < 1.29 is 23.4 Å². The summed E-state index contributed by atoms with van der Waals surface area (Å²) in [5.74, 6) is 0.898. The van der Waals surface area contributed by atoms with Crippen LogP contribution in [0.2, 0.25) is 0 Å². The van der Waals surface area contributed by atoms with Gasteiger partial charge >= 0.3 is 11.6 Å². The summed E-state index contributed by atoms with van der Waals surface area (Å²) in [4.78, 5) is 24.4. The van der Waals surface area contributed by atoms with Gasteiger partial charge in [-0.1, -0.05) is 36.4 Å². The second-order valence-corrected chi connectivity index (χ2v) is 7.10. The quantitative estimate of drug-likeness (QED) is 0.247. The maximum atomic E-state index is 12.4. The number of aryl methyl sites for hydroxylation is 1. The molecular formula is C25H22O6. The second kappa shape index (κ2) is 8.92. The van der Waals surface area contributed by atoms with E-state index in [1.807, 2.05) is 42.5 Å². The van der Waals surface area contributed by atoms with E-state index in [0.29, 0.717) is 29.1 Å². The standard InChI is InChI=1S/C25H22O6/c1-28-20-10-7-16(13-22(20)29-2)8-12-23(26)30-15-18-14-24(27)31-21-11-9-17-5-3-4-6-19(17)25(18)21/h3-7,9-11,13-14H,8,12,15H2,1-2H3. The number of hydrogen-bond acceptors (Lipinski definition) is 6. The number of esters is 1. The number of hydrogen-bond donors (Lipinski definition) is 0. The molecule has 0 saturated heterocycles. The van der Waals surface area contributed by atoms with Gasteiger partial charge < -0.3 is 18.6 Å². The molecule has 0 N–H and O–H groups in total. The van der Waals surface area contributed by atoms with Gasteiger partial charge in [0.2, 0.25) is 0 Å². The lowest BCUT2D eigenvalue weighted by molar-refractivity contribution is -0.144. The zero-order chi connectivity index (χ0) is 21.8. The number of benzene rings is 3. The number of fused-ring (bicyclic) bond motifs is 3. The minimum absolute atomic E-state index is 0.000868. The van der Waals surface area contributed by atoms with Crippen LogP contribution in [-0.4, -0.2) is 20.2 Å². The van der Waals surface area contributed by atoms with Gasteiger partial charge in [0.15, 0.2) is 11.5 Å². The van der Waals surface area contributed by atoms with Crippen LogP contribution in [0, 0.1) is 0 Å². The van der Waals surface area contributed by atoms with Gasteiger partial charge in [-0.15, -0.1) is 0 Å². The van der Waals surface area contributed by atoms with Gasteiger partial charge in [-0.05, 0) is 41.0 Å². The fraction of sp³-hybridized carbons (Fsp3) is 0.200. The Morgan fingerprint density at radius 3 is 2.55 bits per heavy atom. The van der Waals surface area contributed by atoms with Crippen molar-refractivity contribution in [2.24, 2.45) is 0 Å². The molecule has 3 aromatic carbocycles. The summed E-state index contributed by atoms with van der Waals surface area (Å²) < 4.78 is 21.4. The van der Waals surface area contributed by atoms with Crippen LogP contribution in [0.1, 0.15) is 17.5 Å². The third kappa shape index (κ3) is 4.38. The molecule has 0 radical (unpaired) electrons. The maximum Gasteiger partial charge on any atom is 0.336 e. The molecule has 1 heterocycles. The molecule has 4 rings (SSSR count). The minimum Gasteiger partial charge on any atom is -0.493 e. The van der Waals surface area contributed by atoms with E-state index in [1.54, 1.807) is 26.4 Å². The number of methoxy groups -OCH3 is 2. The van der Waals surface area contributed by atoms with E-state index in [4.69, 9.17) is 18.6 Å². The minimum atomic E-state index is -0.473. The van der Waals surface area contributed by atoms with Crippen molar-refractivity contribution in [2.45, 2.75) is 19.4 Å². The van der Waals surface area contributed by atoms with E-state index in [-0.39, 0.29) is 19.0 Å². The Morgan fingerprint density at radius 2 is 1.74 bits per heavy atom. The summed E-state index contributed by atoms with van der Waals surface area (Å²) in [5.41, 5.74) is 1.57. The van der Waals surface area contributed by atoms with Gasteiger partial charge in [-0.25, -0.2) is 4.79 Å². The Hall–Kier alpha value is -3.80. The van der Waals surface area contributed by atoms with Crippen molar-refractivity contribution in [2.75, 3.05) is 14.2 Å². The molecular weight excluding hydrogens is 396 g/mol. The van der Waals surface area contributed by atoms with Crippen LogP contribution < -0.4 is 15.1 Å². The average Bonchev–Trinajstić information content (AvgIpc) is 2.80. The molecule has 0 amide bonds. The third-order valence-corrected chi connectivity index (χ3v) is 5.17. The van der Waals surface area contributed by atoms with Crippen LogP contribution in [0.15, 0.2) is 69.9 Å². The van der Waals surface area contributed by atoms with E-state index in [1.165, 1.54) is 6.07 Å². The van der Waals surface area contributed by atoms with Gasteiger partial charge in [0.1, 0.15) is 12.2 Å². The number of carbonyl (C=O) groups excluding carboxylic acids is 1. The van der Waals surface area contributed by atoms with Gasteiger partial charge in [0.25, 0.3) is 0 Å². The van der Waals surface area contributed by atoms with Crippen molar-refractivity contribution in [3.05, 3.63) is 82.2 Å². The number of carbonyl (C=O) groups is 1. The Balaban J connectivity index is 1.50. The summed E-state index contributed by atoms with van der Waals surface area (Å²) in [7, 11) is 3.15. The highest BCUT2D eigenvalue weighted by Crippen LogP contribution is 2.29. The van der Waals surface area contributed by atoms with E-state index < -0.39 is 5.63 Å². The summed E-state index contributed by atoms with van der Waals surface area (Å²) in [5, 5.41) is 2.75. The lowest BCUT2D eigenvalue weighted by Crippen LogP contribution is -2.08. The van der Waals surface area contributed by atoms with Crippen LogP contribution in [0.3, 0.4) is 0 Å². The molecule has 6 nitrogen and oxygen atoms in total. The molecule has 31 heavy (non-hydrogen) atoms. The summed E-state index contributed by atoms with van der Waals surface area (Å²) in [6.45, 7) is 0.000868. The van der Waals surface area contributed by atoms with Gasteiger partial charge in [0, 0.05) is 23.4 Å². The largest absolute Gasteiger partial charge is 0.493 e. The van der Waals surface area contributed by atoms with Crippen molar-refractivity contribution in [3.8, 4) is 11.5 Å². The number of rotatable bonds is 7. The summed E-state index contributed by atoms with van der Waals surface area (Å²) in [6.07, 6.45) is 0.704. The zero-order valence-corrected chi connectivity index (χ0v) is 17.3. The fourth-order valence-electron chi connectivity index (χ4n) is 3.65. The predicted octanol–water partition coefficient (Wildman–Crippen LogP) is 4.64. The molecule has 0 atom stereocenters. The first-order chi connectivity index (χ1) is 15.1. The first-order valence-electron chi connectivity index (χ1n) is 9.90. The smallest absolute Gasteiger partial charge is 0.336 e. The van der Waals surface area contributed by atoms with E-state index in [9.17, 15) is 9.59 Å². The highest BCUT2D eigenvalue weighted by atomic mass is 16.5. The zero-order valence-electron chi connectivity index (χ0n) is 17.3. The van der Waals surface area contributed by atoms with Crippen LogP contribution in [-0.2, 0) is 22.6 Å². The highest BCUT2D eigenvalue weighted by Gasteiger charge is 2.13. The fourth-order valence-corrected chi connectivity index (χ4v) is 3.65. The Labute approximate surface area is 179 Å². The van der Waals surface area contributed by atoms with Crippen molar-refractivity contribution in [1.29, 1.82) is 0 Å². The predicted molar refractivity (Wildman–Crippen MR) is 118 cm³/mol. The molecule has 0 bridgehead atoms. The topological polar surface area (TPSA) is 75.0 Å². The second-order valence-electron chi connectivity index (χ2n) is 7.10. The maximum absolute atomic E-state index is 12.4. The molecule has 4 aromatic rings. The van der Waals surface area contributed by atoms with Crippen LogP contribution in [0.5, 0.6) is 11.5 Å². The van der Waals surface area contributed by atoms with Crippen molar-refractivity contribution in [3.63, 3.8) is 0 Å². The van der Waals surface area contributed by atoms with Crippen LogP contribution in [0.25, 0.3) is 21.7 Å². The molecule has 1 aromatic heterocycles. The average molecular weight is 418 g/mol. The first-order valence-corrected chi connectivity index (χ1v) is 9.90. The van der Waals surface area contributed by atoms with Crippen molar-refractivity contribution >= 4 is 27.7 Å². The molecule has 158 valence electrons. The normalized spacial score (nSPS) is 10.9. The lowest BCUT2D eigenvalue weighted by Gasteiger charge is -2.11. The van der Waals surface area contributed by atoms with E-state index >= 15 is 0 Å². The van der Waals surface area contributed by atoms with Crippen LogP contribution >= 0.6 is 0 Å². The van der Waals surface area contributed by atoms with Crippen LogP contribution in [0.4, 0.5) is 0 Å². The molecule has 0 fully saturated rings. The van der Waals surface area contributed by atoms with Gasteiger partial charge in [-0.2, -0.15) is 0 Å². The van der Waals surface area contributed by atoms with Gasteiger partial charge in [0.05, 0.1) is 14.2 Å². The Kier molecular flexibility index (Phi) is 5.89. The highest BCUT2D eigenvalue weighted by molar-refractivity contribution is 6.07. The SMILES string of the molecule is COc1ccc(CCC(=O)OCc2cc(=O)oc3ccc4ccccc4c23)cc1OC. The van der Waals surface area contributed by atoms with Gasteiger partial charge in [-0.3, -0.25) is 4.79 Å². The molecule has 0 saturated carbocycles. The Bertz CT molecular complexity index is 1300. The molecule has 0 aliphatic carbocycles. The Morgan fingerprint density at radius 1 is 0.935 bits per heavy atom. The molecule has 0 spiro atoms. The molecule has 0 aliphatic heterocycles. The van der Waals surface area contributed by atoms with E-state index in [2.05, 4.69) is 0 Å². The molecule has 0 unspecified atom stereocenters. The first kappa shape index (κ1) is 20.5. The number of ether oxygens (including phenoxy) is 3. The van der Waals surface area contributed by atoms with E-state index in [0.717, 1.165) is 21.7 Å². The third-order valence-electron chi connectivity index (χ3n) is 5.17.